The fourth-order valence-electron chi connectivity index (χ4n) is 2.66. The average molecular weight is 354 g/mol. The van der Waals surface area contributed by atoms with Gasteiger partial charge in [-0.25, -0.2) is 4.79 Å². The summed E-state index contributed by atoms with van der Waals surface area (Å²) in [5.41, 5.74) is 0.776. The number of piperazine rings is 1. The van der Waals surface area contributed by atoms with Crippen molar-refractivity contribution in [2.75, 3.05) is 39.8 Å². The topological polar surface area (TPSA) is 61.9 Å². The molecule has 0 aromatic heterocycles. The van der Waals surface area contributed by atoms with Crippen molar-refractivity contribution in [1.29, 1.82) is 0 Å². The molecule has 0 aliphatic carbocycles. The molecule has 7 heteroatoms. The predicted molar refractivity (Wildman–Crippen MR) is 93.6 cm³/mol. The Morgan fingerprint density at radius 2 is 1.88 bits per heavy atom. The van der Waals surface area contributed by atoms with Gasteiger partial charge < -0.3 is 19.9 Å². The maximum absolute atomic E-state index is 12.5. The van der Waals surface area contributed by atoms with E-state index in [1.165, 1.54) is 0 Å². The van der Waals surface area contributed by atoms with Crippen LogP contribution >= 0.6 is 11.6 Å². The number of rotatable bonds is 5. The fourth-order valence-corrected chi connectivity index (χ4v) is 2.86. The Hall–Kier alpha value is -1.95. The van der Waals surface area contributed by atoms with E-state index >= 15 is 0 Å². The van der Waals surface area contributed by atoms with Gasteiger partial charge in [-0.15, -0.1) is 0 Å². The van der Waals surface area contributed by atoms with Gasteiger partial charge in [0, 0.05) is 43.3 Å². The van der Waals surface area contributed by atoms with Crippen LogP contribution in [0.15, 0.2) is 18.2 Å². The molecule has 6 nitrogen and oxygen atoms in total. The first-order chi connectivity index (χ1) is 11.5. The second-order valence-corrected chi connectivity index (χ2v) is 6.17. The van der Waals surface area contributed by atoms with E-state index < -0.39 is 0 Å². The van der Waals surface area contributed by atoms with Crippen molar-refractivity contribution in [1.82, 2.24) is 15.1 Å². The first-order valence-corrected chi connectivity index (χ1v) is 8.56. The Bertz CT molecular complexity index is 586. The van der Waals surface area contributed by atoms with Crippen molar-refractivity contribution in [3.8, 4) is 5.75 Å². The van der Waals surface area contributed by atoms with Gasteiger partial charge in [-0.05, 0) is 24.6 Å². The highest BCUT2D eigenvalue weighted by Gasteiger charge is 2.24. The monoisotopic (exact) mass is 353 g/mol. The van der Waals surface area contributed by atoms with E-state index in [9.17, 15) is 9.59 Å². The molecule has 1 aliphatic rings. The molecule has 132 valence electrons. The van der Waals surface area contributed by atoms with Crippen LogP contribution in [-0.4, -0.2) is 61.6 Å². The third-order valence-corrected chi connectivity index (χ3v) is 4.27. The standard InChI is InChI=1S/C17H24ClN3O3/c1-3-6-19-17(23)21-9-7-20(8-10-21)16(22)12-13-11-14(18)4-5-15(13)24-2/h4-5,11H,3,6-10,12H2,1-2H3,(H,19,23). The van der Waals surface area contributed by atoms with Crippen LogP contribution in [0.25, 0.3) is 0 Å². The highest BCUT2D eigenvalue weighted by atomic mass is 35.5. The van der Waals surface area contributed by atoms with E-state index in [1.54, 1.807) is 35.1 Å². The summed E-state index contributed by atoms with van der Waals surface area (Å²) in [4.78, 5) is 28.0. The van der Waals surface area contributed by atoms with Crippen molar-refractivity contribution < 1.29 is 14.3 Å². The molecule has 1 aliphatic heterocycles. The van der Waals surface area contributed by atoms with Gasteiger partial charge in [-0.2, -0.15) is 0 Å². The van der Waals surface area contributed by atoms with Gasteiger partial charge in [0.2, 0.25) is 5.91 Å². The minimum atomic E-state index is -0.0551. The Morgan fingerprint density at radius 1 is 1.21 bits per heavy atom. The van der Waals surface area contributed by atoms with Gasteiger partial charge in [0.25, 0.3) is 0 Å². The normalized spacial score (nSPS) is 14.5. The van der Waals surface area contributed by atoms with Crippen LogP contribution in [0.1, 0.15) is 18.9 Å². The van der Waals surface area contributed by atoms with Gasteiger partial charge in [-0.1, -0.05) is 18.5 Å². The number of benzene rings is 1. The van der Waals surface area contributed by atoms with E-state index in [0.29, 0.717) is 43.5 Å². The molecule has 3 amide bonds. The fraction of sp³-hybridized carbons (Fsp3) is 0.529. The number of ether oxygens (including phenoxy) is 1. The van der Waals surface area contributed by atoms with E-state index in [4.69, 9.17) is 16.3 Å². The second kappa shape index (κ2) is 8.78. The van der Waals surface area contributed by atoms with Crippen LogP contribution in [0.5, 0.6) is 5.75 Å². The molecule has 0 spiro atoms. The minimum Gasteiger partial charge on any atom is -0.496 e. The third-order valence-electron chi connectivity index (χ3n) is 4.03. The van der Waals surface area contributed by atoms with E-state index in [0.717, 1.165) is 12.0 Å². The summed E-state index contributed by atoms with van der Waals surface area (Å²) in [5.74, 6) is 0.675. The first-order valence-electron chi connectivity index (χ1n) is 8.18. The number of hydrogen-bond acceptors (Lipinski definition) is 3. The zero-order chi connectivity index (χ0) is 17.5. The number of urea groups is 1. The molecule has 0 unspecified atom stereocenters. The van der Waals surface area contributed by atoms with Crippen molar-refractivity contribution >= 4 is 23.5 Å². The predicted octanol–water partition coefficient (Wildman–Crippen LogP) is 2.15. The Morgan fingerprint density at radius 3 is 2.50 bits per heavy atom. The quantitative estimate of drug-likeness (QED) is 0.882. The third kappa shape index (κ3) is 4.77. The van der Waals surface area contributed by atoms with Crippen molar-refractivity contribution in [3.05, 3.63) is 28.8 Å². The van der Waals surface area contributed by atoms with Crippen LogP contribution in [0.4, 0.5) is 4.79 Å². The number of amides is 3. The maximum Gasteiger partial charge on any atom is 0.317 e. The van der Waals surface area contributed by atoms with Crippen LogP contribution in [0, 0.1) is 0 Å². The molecule has 1 saturated heterocycles. The lowest BCUT2D eigenvalue weighted by Crippen LogP contribution is -2.53. The molecule has 1 aromatic carbocycles. The number of carbonyl (C=O) groups is 2. The van der Waals surface area contributed by atoms with E-state index in [1.807, 2.05) is 6.92 Å². The highest BCUT2D eigenvalue weighted by Crippen LogP contribution is 2.23. The Kier molecular flexibility index (Phi) is 6.73. The highest BCUT2D eigenvalue weighted by molar-refractivity contribution is 6.30. The summed E-state index contributed by atoms with van der Waals surface area (Å²) >= 11 is 6.01. The van der Waals surface area contributed by atoms with Crippen LogP contribution in [0.3, 0.4) is 0 Å². The van der Waals surface area contributed by atoms with Crippen molar-refractivity contribution in [3.63, 3.8) is 0 Å². The summed E-state index contributed by atoms with van der Waals surface area (Å²) in [7, 11) is 1.57. The van der Waals surface area contributed by atoms with Crippen LogP contribution < -0.4 is 10.1 Å². The molecule has 24 heavy (non-hydrogen) atoms. The average Bonchev–Trinajstić information content (AvgIpc) is 2.60. The number of hydrogen-bond donors (Lipinski definition) is 1. The van der Waals surface area contributed by atoms with Gasteiger partial charge in [0.1, 0.15) is 5.75 Å². The molecule has 1 heterocycles. The summed E-state index contributed by atoms with van der Waals surface area (Å²) in [5, 5.41) is 3.44. The molecular weight excluding hydrogens is 330 g/mol. The molecule has 1 fully saturated rings. The van der Waals surface area contributed by atoms with Crippen molar-refractivity contribution in [2.24, 2.45) is 0 Å². The maximum atomic E-state index is 12.5. The van der Waals surface area contributed by atoms with Crippen LogP contribution in [0.2, 0.25) is 5.02 Å². The summed E-state index contributed by atoms with van der Waals surface area (Å²) in [6.07, 6.45) is 1.15. The molecule has 1 N–H and O–H groups in total. The van der Waals surface area contributed by atoms with E-state index in [2.05, 4.69) is 5.32 Å². The smallest absolute Gasteiger partial charge is 0.317 e. The zero-order valence-electron chi connectivity index (χ0n) is 14.2. The lowest BCUT2D eigenvalue weighted by molar-refractivity contribution is -0.131. The lowest BCUT2D eigenvalue weighted by atomic mass is 10.1. The largest absolute Gasteiger partial charge is 0.496 e. The van der Waals surface area contributed by atoms with Gasteiger partial charge >= 0.3 is 6.03 Å². The molecule has 1 aromatic rings. The lowest BCUT2D eigenvalue weighted by Gasteiger charge is -2.34. The van der Waals surface area contributed by atoms with Crippen LogP contribution in [-0.2, 0) is 11.2 Å². The Labute approximate surface area is 147 Å². The summed E-state index contributed by atoms with van der Waals surface area (Å²) < 4.78 is 5.28. The molecule has 2 rings (SSSR count). The van der Waals surface area contributed by atoms with Gasteiger partial charge in [0.15, 0.2) is 0 Å². The van der Waals surface area contributed by atoms with Crippen molar-refractivity contribution in [2.45, 2.75) is 19.8 Å². The first kappa shape index (κ1) is 18.4. The number of nitrogens with zero attached hydrogens (tertiary/aromatic N) is 2. The SMILES string of the molecule is CCCNC(=O)N1CCN(C(=O)Cc2cc(Cl)ccc2OC)CC1. The molecule has 0 radical (unpaired) electrons. The minimum absolute atomic E-state index is 0.0178. The Balaban J connectivity index is 1.89. The van der Waals surface area contributed by atoms with Gasteiger partial charge in [0.05, 0.1) is 13.5 Å². The molecule has 0 saturated carbocycles. The van der Waals surface area contributed by atoms with Gasteiger partial charge in [-0.3, -0.25) is 4.79 Å². The number of methoxy groups -OCH3 is 1. The molecular formula is C17H24ClN3O3. The second-order valence-electron chi connectivity index (χ2n) is 5.73. The van der Waals surface area contributed by atoms with E-state index in [-0.39, 0.29) is 18.4 Å². The zero-order valence-corrected chi connectivity index (χ0v) is 14.9. The molecule has 0 bridgehead atoms. The molecule has 0 atom stereocenters. The number of nitrogens with one attached hydrogen (secondary N) is 1. The number of carbonyl (C=O) groups excluding carboxylic acids is 2. The summed E-state index contributed by atoms with van der Waals surface area (Å²) in [6, 6.07) is 5.20. The summed E-state index contributed by atoms with van der Waals surface area (Å²) in [6.45, 7) is 4.87. The number of halogens is 1.